The second-order valence-electron chi connectivity index (χ2n) is 6.32. The lowest BCUT2D eigenvalue weighted by atomic mass is 9.95. The van der Waals surface area contributed by atoms with Gasteiger partial charge in [-0.05, 0) is 30.4 Å². The molecule has 24 heavy (non-hydrogen) atoms. The van der Waals surface area contributed by atoms with Gasteiger partial charge in [0.05, 0.1) is 6.04 Å². The highest BCUT2D eigenvalue weighted by molar-refractivity contribution is 5.75. The minimum Gasteiger partial charge on any atom is -0.336 e. The lowest BCUT2D eigenvalue weighted by Gasteiger charge is -2.36. The van der Waals surface area contributed by atoms with E-state index in [1.54, 1.807) is 0 Å². The maximum atomic E-state index is 12.7. The molecule has 2 unspecified atom stereocenters. The monoisotopic (exact) mass is 323 g/mol. The third-order valence-electron chi connectivity index (χ3n) is 4.65. The van der Waals surface area contributed by atoms with Crippen LogP contribution in [0.5, 0.6) is 0 Å². The summed E-state index contributed by atoms with van der Waals surface area (Å²) in [5.74, 6) is 0. The lowest BCUT2D eigenvalue weighted by molar-refractivity contribution is 0.151. The van der Waals surface area contributed by atoms with E-state index in [-0.39, 0.29) is 18.1 Å². The van der Waals surface area contributed by atoms with Crippen molar-refractivity contribution in [2.24, 2.45) is 5.73 Å². The predicted octanol–water partition coefficient (Wildman–Crippen LogP) is 3.62. The fourth-order valence-electron chi connectivity index (χ4n) is 3.31. The molecule has 2 aromatic rings. The molecule has 0 saturated carbocycles. The highest BCUT2D eigenvalue weighted by Gasteiger charge is 2.27. The van der Waals surface area contributed by atoms with Crippen LogP contribution < -0.4 is 11.1 Å². The number of urea groups is 1. The van der Waals surface area contributed by atoms with E-state index in [9.17, 15) is 4.79 Å². The average Bonchev–Trinajstić information content (AvgIpc) is 2.67. The highest BCUT2D eigenvalue weighted by atomic mass is 16.2. The molecule has 0 bridgehead atoms. The van der Waals surface area contributed by atoms with Crippen LogP contribution >= 0.6 is 0 Å². The van der Waals surface area contributed by atoms with Crippen molar-refractivity contribution in [2.75, 3.05) is 13.1 Å². The van der Waals surface area contributed by atoms with E-state index >= 15 is 0 Å². The van der Waals surface area contributed by atoms with Crippen LogP contribution in [0, 0.1) is 0 Å². The minimum absolute atomic E-state index is 0.0186. The highest BCUT2D eigenvalue weighted by Crippen LogP contribution is 2.30. The minimum atomic E-state index is -0.185. The largest absolute Gasteiger partial charge is 0.336 e. The van der Waals surface area contributed by atoms with Crippen LogP contribution in [0.4, 0.5) is 4.79 Å². The normalized spacial score (nSPS) is 18.9. The molecule has 4 heteroatoms. The number of amides is 2. The Morgan fingerprint density at radius 2 is 1.75 bits per heavy atom. The number of nitrogens with one attached hydrogen (secondary N) is 1. The van der Waals surface area contributed by atoms with Crippen LogP contribution in [-0.4, -0.2) is 24.0 Å². The van der Waals surface area contributed by atoms with Crippen molar-refractivity contribution in [3.8, 4) is 0 Å². The Morgan fingerprint density at radius 1 is 1.08 bits per heavy atom. The van der Waals surface area contributed by atoms with Gasteiger partial charge in [0, 0.05) is 19.1 Å². The van der Waals surface area contributed by atoms with Crippen molar-refractivity contribution in [1.82, 2.24) is 10.2 Å². The number of benzene rings is 2. The van der Waals surface area contributed by atoms with Gasteiger partial charge in [-0.3, -0.25) is 0 Å². The molecule has 4 nitrogen and oxygen atoms in total. The zero-order valence-corrected chi connectivity index (χ0v) is 13.9. The first-order valence-electron chi connectivity index (χ1n) is 8.65. The summed E-state index contributed by atoms with van der Waals surface area (Å²) in [6.45, 7) is 1.24. The molecule has 126 valence electrons. The lowest BCUT2D eigenvalue weighted by Crippen LogP contribution is -2.46. The number of carbonyl (C=O) groups excluding carboxylic acids is 1. The van der Waals surface area contributed by atoms with Crippen molar-refractivity contribution in [3.05, 3.63) is 71.8 Å². The molecule has 1 aliphatic rings. The molecule has 2 aromatic carbocycles. The van der Waals surface area contributed by atoms with E-state index in [0.717, 1.165) is 31.4 Å². The van der Waals surface area contributed by atoms with Crippen molar-refractivity contribution >= 4 is 6.03 Å². The topological polar surface area (TPSA) is 58.4 Å². The van der Waals surface area contributed by atoms with E-state index in [4.69, 9.17) is 5.73 Å². The fraction of sp³-hybridized carbons (Fsp3) is 0.350. The summed E-state index contributed by atoms with van der Waals surface area (Å²) in [5.41, 5.74) is 8.43. The third-order valence-corrected chi connectivity index (χ3v) is 4.65. The number of carbonyl (C=O) groups is 1. The van der Waals surface area contributed by atoms with Gasteiger partial charge in [0.1, 0.15) is 0 Å². The number of likely N-dealkylation sites (tertiary alicyclic amines) is 1. The van der Waals surface area contributed by atoms with Crippen molar-refractivity contribution in [2.45, 2.75) is 31.3 Å². The van der Waals surface area contributed by atoms with Gasteiger partial charge >= 0.3 is 6.03 Å². The third kappa shape index (κ3) is 3.95. The molecule has 1 saturated heterocycles. The second kappa shape index (κ2) is 7.97. The molecule has 0 radical (unpaired) electrons. The summed E-state index contributed by atoms with van der Waals surface area (Å²) < 4.78 is 0. The molecule has 0 aromatic heterocycles. The Labute approximate surface area is 143 Å². The van der Waals surface area contributed by atoms with Gasteiger partial charge in [-0.25, -0.2) is 4.79 Å². The zero-order chi connectivity index (χ0) is 16.8. The summed E-state index contributed by atoms with van der Waals surface area (Å²) >= 11 is 0. The van der Waals surface area contributed by atoms with Crippen molar-refractivity contribution in [1.29, 1.82) is 0 Å². The van der Waals surface area contributed by atoms with E-state index in [2.05, 4.69) is 17.4 Å². The Hall–Kier alpha value is -2.33. The van der Waals surface area contributed by atoms with Crippen LogP contribution in [0.25, 0.3) is 0 Å². The molecular weight excluding hydrogens is 298 g/mol. The maximum absolute atomic E-state index is 12.7. The molecule has 3 N–H and O–H groups in total. The fourth-order valence-corrected chi connectivity index (χ4v) is 3.31. The first kappa shape index (κ1) is 16.5. The molecule has 3 rings (SSSR count). The van der Waals surface area contributed by atoms with Gasteiger partial charge < -0.3 is 16.0 Å². The number of hydrogen-bond donors (Lipinski definition) is 2. The van der Waals surface area contributed by atoms with E-state index in [1.807, 2.05) is 53.4 Å². The predicted molar refractivity (Wildman–Crippen MR) is 96.5 cm³/mol. The second-order valence-corrected chi connectivity index (χ2v) is 6.32. The molecule has 0 aliphatic carbocycles. The van der Waals surface area contributed by atoms with Gasteiger partial charge in [0.25, 0.3) is 0 Å². The molecule has 2 amide bonds. The first-order valence-corrected chi connectivity index (χ1v) is 8.65. The SMILES string of the molecule is NC(CNC(=O)N1CCCCC1c1ccccc1)c1ccccc1. The molecule has 1 heterocycles. The van der Waals surface area contributed by atoms with E-state index < -0.39 is 0 Å². The summed E-state index contributed by atoms with van der Waals surface area (Å²) in [6.07, 6.45) is 3.23. The quantitative estimate of drug-likeness (QED) is 0.903. The molecule has 0 spiro atoms. The summed E-state index contributed by atoms with van der Waals surface area (Å²) in [5, 5.41) is 3.01. The van der Waals surface area contributed by atoms with E-state index in [0.29, 0.717) is 6.54 Å². The smallest absolute Gasteiger partial charge is 0.317 e. The van der Waals surface area contributed by atoms with Crippen LogP contribution in [0.2, 0.25) is 0 Å². The first-order chi connectivity index (χ1) is 11.8. The van der Waals surface area contributed by atoms with Crippen LogP contribution in [0.3, 0.4) is 0 Å². The molecule has 2 atom stereocenters. The van der Waals surface area contributed by atoms with Crippen molar-refractivity contribution in [3.63, 3.8) is 0 Å². The summed E-state index contributed by atoms with van der Waals surface area (Å²) in [7, 11) is 0. The summed E-state index contributed by atoms with van der Waals surface area (Å²) in [4.78, 5) is 14.6. The Morgan fingerprint density at radius 3 is 2.46 bits per heavy atom. The Kier molecular flexibility index (Phi) is 5.49. The van der Waals surface area contributed by atoms with Crippen molar-refractivity contribution < 1.29 is 4.79 Å². The van der Waals surface area contributed by atoms with Gasteiger partial charge in [-0.1, -0.05) is 60.7 Å². The number of nitrogens with zero attached hydrogens (tertiary/aromatic N) is 1. The van der Waals surface area contributed by atoms with Gasteiger partial charge in [0.15, 0.2) is 0 Å². The van der Waals surface area contributed by atoms with Crippen LogP contribution in [0.15, 0.2) is 60.7 Å². The number of hydrogen-bond acceptors (Lipinski definition) is 2. The molecular formula is C20H25N3O. The number of rotatable bonds is 4. The summed E-state index contributed by atoms with van der Waals surface area (Å²) in [6, 6.07) is 20.1. The van der Waals surface area contributed by atoms with E-state index in [1.165, 1.54) is 5.56 Å². The zero-order valence-electron chi connectivity index (χ0n) is 13.9. The standard InChI is InChI=1S/C20H25N3O/c21-18(16-9-3-1-4-10-16)15-22-20(24)23-14-8-7-13-19(23)17-11-5-2-6-12-17/h1-6,9-12,18-19H,7-8,13-15,21H2,(H,22,24). The number of nitrogens with two attached hydrogens (primary N) is 1. The molecule has 1 fully saturated rings. The number of piperidine rings is 1. The van der Waals surface area contributed by atoms with Crippen LogP contribution in [-0.2, 0) is 0 Å². The molecule has 1 aliphatic heterocycles. The van der Waals surface area contributed by atoms with Gasteiger partial charge in [0.2, 0.25) is 0 Å². The van der Waals surface area contributed by atoms with Gasteiger partial charge in [-0.2, -0.15) is 0 Å². The van der Waals surface area contributed by atoms with Crippen LogP contribution in [0.1, 0.15) is 42.5 Å². The average molecular weight is 323 g/mol. The maximum Gasteiger partial charge on any atom is 0.317 e. The van der Waals surface area contributed by atoms with Gasteiger partial charge in [-0.15, -0.1) is 0 Å². The Bertz CT molecular complexity index is 644. The Balaban J connectivity index is 1.62.